The van der Waals surface area contributed by atoms with Gasteiger partial charge in [-0.05, 0) is 19.8 Å². The van der Waals surface area contributed by atoms with E-state index in [0.29, 0.717) is 0 Å². The Kier molecular flexibility index (Phi) is 2.48. The van der Waals surface area contributed by atoms with Crippen LogP contribution in [0.25, 0.3) is 0 Å². The molecule has 1 aliphatic heterocycles. The summed E-state index contributed by atoms with van der Waals surface area (Å²) in [6.45, 7) is 2.72. The van der Waals surface area contributed by atoms with E-state index in [4.69, 9.17) is 14.7 Å². The molecule has 0 aromatic carbocycles. The van der Waals surface area contributed by atoms with Crippen LogP contribution in [0.3, 0.4) is 0 Å². The molecular formula is C8H13NO2. The van der Waals surface area contributed by atoms with E-state index in [2.05, 4.69) is 6.07 Å². The summed E-state index contributed by atoms with van der Waals surface area (Å²) in [4.78, 5) is 0. The van der Waals surface area contributed by atoms with E-state index >= 15 is 0 Å². The van der Waals surface area contributed by atoms with Gasteiger partial charge in [-0.3, -0.25) is 0 Å². The molecule has 0 aromatic heterocycles. The summed E-state index contributed by atoms with van der Waals surface area (Å²) >= 11 is 0. The van der Waals surface area contributed by atoms with Crippen molar-refractivity contribution in [1.82, 2.24) is 0 Å². The predicted octanol–water partition coefficient (Wildman–Crippen LogP) is 1.09. The molecule has 11 heavy (non-hydrogen) atoms. The van der Waals surface area contributed by atoms with Crippen molar-refractivity contribution >= 4 is 0 Å². The van der Waals surface area contributed by atoms with Crippen LogP contribution in [0.15, 0.2) is 0 Å². The second-order valence-corrected chi connectivity index (χ2v) is 3.04. The van der Waals surface area contributed by atoms with Crippen molar-refractivity contribution in [2.45, 2.75) is 31.5 Å². The van der Waals surface area contributed by atoms with Crippen LogP contribution in [0.2, 0.25) is 0 Å². The van der Waals surface area contributed by atoms with Gasteiger partial charge in [0.25, 0.3) is 0 Å². The van der Waals surface area contributed by atoms with Crippen molar-refractivity contribution in [3.8, 4) is 6.07 Å². The number of hydrogen-bond acceptors (Lipinski definition) is 3. The van der Waals surface area contributed by atoms with E-state index in [1.165, 1.54) is 0 Å². The highest BCUT2D eigenvalue weighted by Crippen LogP contribution is 2.39. The maximum absolute atomic E-state index is 8.49. The van der Waals surface area contributed by atoms with E-state index in [1.54, 1.807) is 7.11 Å². The standard InChI is InChI=1S/C8H13NO2/c1-8(4-3-5-10-2)7(6-9)11-8/h7H,3-5H2,1-2H3. The Hall–Kier alpha value is -0.590. The van der Waals surface area contributed by atoms with E-state index in [0.717, 1.165) is 19.4 Å². The van der Waals surface area contributed by atoms with Crippen LogP contribution in [0.1, 0.15) is 19.8 Å². The van der Waals surface area contributed by atoms with Crippen molar-refractivity contribution in [2.75, 3.05) is 13.7 Å². The highest BCUT2D eigenvalue weighted by atomic mass is 16.6. The molecular weight excluding hydrogens is 142 g/mol. The number of hydrogen-bond donors (Lipinski definition) is 0. The lowest BCUT2D eigenvalue weighted by atomic mass is 10.0. The van der Waals surface area contributed by atoms with E-state index < -0.39 is 0 Å². The van der Waals surface area contributed by atoms with Crippen molar-refractivity contribution < 1.29 is 9.47 Å². The zero-order chi connectivity index (χ0) is 8.32. The number of rotatable bonds is 4. The lowest BCUT2D eigenvalue weighted by Crippen LogP contribution is -2.09. The molecule has 2 unspecified atom stereocenters. The van der Waals surface area contributed by atoms with Crippen LogP contribution >= 0.6 is 0 Å². The third-order valence-electron chi connectivity index (χ3n) is 2.02. The van der Waals surface area contributed by atoms with E-state index in [9.17, 15) is 0 Å². The Morgan fingerprint density at radius 3 is 2.91 bits per heavy atom. The van der Waals surface area contributed by atoms with Crippen LogP contribution in [0.4, 0.5) is 0 Å². The summed E-state index contributed by atoms with van der Waals surface area (Å²) in [6, 6.07) is 2.09. The average molecular weight is 155 g/mol. The van der Waals surface area contributed by atoms with Crippen LogP contribution in [0.5, 0.6) is 0 Å². The Morgan fingerprint density at radius 1 is 1.73 bits per heavy atom. The highest BCUT2D eigenvalue weighted by molar-refractivity contribution is 5.11. The highest BCUT2D eigenvalue weighted by Gasteiger charge is 2.51. The summed E-state index contributed by atoms with van der Waals surface area (Å²) in [5, 5.41) is 8.49. The van der Waals surface area contributed by atoms with Crippen molar-refractivity contribution in [3.05, 3.63) is 0 Å². The van der Waals surface area contributed by atoms with E-state index in [1.807, 2.05) is 6.92 Å². The van der Waals surface area contributed by atoms with Gasteiger partial charge in [0.2, 0.25) is 0 Å². The normalized spacial score (nSPS) is 34.8. The van der Waals surface area contributed by atoms with Gasteiger partial charge in [-0.1, -0.05) is 0 Å². The molecule has 1 aliphatic rings. The molecule has 0 bridgehead atoms. The fourth-order valence-electron chi connectivity index (χ4n) is 1.16. The molecule has 1 fully saturated rings. The van der Waals surface area contributed by atoms with Crippen LogP contribution in [-0.4, -0.2) is 25.4 Å². The molecule has 1 rings (SSSR count). The SMILES string of the molecule is COCCCC1(C)OC1C#N. The lowest BCUT2D eigenvalue weighted by Gasteiger charge is -2.02. The smallest absolute Gasteiger partial charge is 0.173 e. The summed E-state index contributed by atoms with van der Waals surface area (Å²) in [6.07, 6.45) is 1.70. The summed E-state index contributed by atoms with van der Waals surface area (Å²) in [5.41, 5.74) is -0.173. The van der Waals surface area contributed by atoms with Crippen molar-refractivity contribution in [2.24, 2.45) is 0 Å². The topological polar surface area (TPSA) is 45.5 Å². The number of epoxide rings is 1. The maximum Gasteiger partial charge on any atom is 0.173 e. The first-order valence-corrected chi connectivity index (χ1v) is 3.79. The fraction of sp³-hybridized carbons (Fsp3) is 0.875. The van der Waals surface area contributed by atoms with Gasteiger partial charge >= 0.3 is 0 Å². The molecule has 0 radical (unpaired) electrons. The van der Waals surface area contributed by atoms with E-state index in [-0.39, 0.29) is 11.7 Å². The molecule has 2 atom stereocenters. The molecule has 0 amide bonds. The first-order chi connectivity index (χ1) is 5.23. The van der Waals surface area contributed by atoms with Gasteiger partial charge in [-0.25, -0.2) is 0 Å². The number of nitriles is 1. The minimum absolute atomic E-state index is 0.173. The third-order valence-corrected chi connectivity index (χ3v) is 2.02. The zero-order valence-corrected chi connectivity index (χ0v) is 6.96. The molecule has 0 aliphatic carbocycles. The molecule has 1 heterocycles. The molecule has 3 nitrogen and oxygen atoms in total. The predicted molar refractivity (Wildman–Crippen MR) is 40.0 cm³/mol. The molecule has 0 saturated carbocycles. The Bertz CT molecular complexity index is 175. The first-order valence-electron chi connectivity index (χ1n) is 3.79. The van der Waals surface area contributed by atoms with Gasteiger partial charge in [0, 0.05) is 13.7 Å². The lowest BCUT2D eigenvalue weighted by molar-refractivity contribution is 0.180. The van der Waals surface area contributed by atoms with Crippen LogP contribution in [-0.2, 0) is 9.47 Å². The van der Waals surface area contributed by atoms with Crippen molar-refractivity contribution in [1.29, 1.82) is 5.26 Å². The molecule has 0 N–H and O–H groups in total. The van der Waals surface area contributed by atoms with Crippen LogP contribution < -0.4 is 0 Å². The number of ether oxygens (including phenoxy) is 2. The zero-order valence-electron chi connectivity index (χ0n) is 6.96. The molecule has 0 aromatic rings. The molecule has 0 spiro atoms. The second kappa shape index (κ2) is 3.21. The number of nitrogens with zero attached hydrogens (tertiary/aromatic N) is 1. The average Bonchev–Trinajstić information content (AvgIpc) is 2.63. The minimum atomic E-state index is -0.181. The molecule has 62 valence electrons. The molecule has 1 saturated heterocycles. The van der Waals surface area contributed by atoms with Gasteiger partial charge in [-0.15, -0.1) is 0 Å². The van der Waals surface area contributed by atoms with Gasteiger partial charge in [0.05, 0.1) is 6.07 Å². The van der Waals surface area contributed by atoms with Gasteiger partial charge in [0.15, 0.2) is 6.10 Å². The Labute approximate surface area is 66.9 Å². The van der Waals surface area contributed by atoms with Crippen LogP contribution in [0, 0.1) is 11.3 Å². The Morgan fingerprint density at radius 2 is 2.45 bits per heavy atom. The molecule has 3 heteroatoms. The summed E-state index contributed by atoms with van der Waals surface area (Å²) < 4.78 is 10.1. The summed E-state index contributed by atoms with van der Waals surface area (Å²) in [5.74, 6) is 0. The first kappa shape index (κ1) is 8.51. The third kappa shape index (κ3) is 1.92. The Balaban J connectivity index is 2.14. The number of methoxy groups -OCH3 is 1. The minimum Gasteiger partial charge on any atom is -0.385 e. The monoisotopic (exact) mass is 155 g/mol. The van der Waals surface area contributed by atoms with Crippen molar-refractivity contribution in [3.63, 3.8) is 0 Å². The second-order valence-electron chi connectivity index (χ2n) is 3.04. The maximum atomic E-state index is 8.49. The largest absolute Gasteiger partial charge is 0.385 e. The quantitative estimate of drug-likeness (QED) is 0.451. The van der Waals surface area contributed by atoms with Gasteiger partial charge < -0.3 is 9.47 Å². The fourth-order valence-corrected chi connectivity index (χ4v) is 1.16. The summed E-state index contributed by atoms with van der Waals surface area (Å²) in [7, 11) is 1.68. The van der Waals surface area contributed by atoms with Gasteiger partial charge in [0.1, 0.15) is 5.60 Å². The van der Waals surface area contributed by atoms with Gasteiger partial charge in [-0.2, -0.15) is 5.26 Å².